The van der Waals surface area contributed by atoms with E-state index in [1.54, 1.807) is 0 Å². The zero-order chi connectivity index (χ0) is 15.2. The van der Waals surface area contributed by atoms with Crippen LogP contribution < -0.4 is 10.6 Å². The molecule has 2 atom stereocenters. The van der Waals surface area contributed by atoms with Crippen LogP contribution in [-0.2, 0) is 14.4 Å². The van der Waals surface area contributed by atoms with Gasteiger partial charge in [0.15, 0.2) is 0 Å². The molecule has 6 heteroatoms. The minimum Gasteiger partial charge on any atom is -0.481 e. The van der Waals surface area contributed by atoms with Crippen molar-refractivity contribution in [2.45, 2.75) is 37.8 Å². The number of benzene rings is 1. The van der Waals surface area contributed by atoms with Crippen molar-refractivity contribution in [3.63, 3.8) is 0 Å². The molecule has 0 aliphatic carbocycles. The second kappa shape index (κ2) is 6.88. The van der Waals surface area contributed by atoms with E-state index in [-0.39, 0.29) is 24.3 Å². The number of hydrogen-bond donors (Lipinski definition) is 3. The Bertz CT molecular complexity index is 530. The standard InChI is InChI=1S/C15H18N2O4/c18-13-8-6-12(16-13)15(21)17-11(7-9-14(19)20)10-4-2-1-3-5-10/h1-5,11-12H,6-9H2,(H,16,18)(H,17,21)(H,19,20)/t11?,12-/m0/s1. The molecule has 1 aromatic carbocycles. The molecule has 2 amide bonds. The second-order valence-electron chi connectivity index (χ2n) is 5.06. The number of hydrogen-bond acceptors (Lipinski definition) is 3. The van der Waals surface area contributed by atoms with Crippen molar-refractivity contribution in [2.75, 3.05) is 0 Å². The van der Waals surface area contributed by atoms with E-state index in [1.807, 2.05) is 30.3 Å². The summed E-state index contributed by atoms with van der Waals surface area (Å²) >= 11 is 0. The average Bonchev–Trinajstić information content (AvgIpc) is 2.90. The lowest BCUT2D eigenvalue weighted by Gasteiger charge is -2.20. The molecule has 0 radical (unpaired) electrons. The predicted octanol–water partition coefficient (Wildman–Crippen LogP) is 0.987. The number of carboxylic acids is 1. The Kier molecular flexibility index (Phi) is 4.92. The lowest BCUT2D eigenvalue weighted by Crippen LogP contribution is -2.43. The van der Waals surface area contributed by atoms with Crippen LogP contribution in [0.1, 0.15) is 37.3 Å². The highest BCUT2D eigenvalue weighted by molar-refractivity contribution is 5.91. The van der Waals surface area contributed by atoms with Crippen molar-refractivity contribution in [1.82, 2.24) is 10.6 Å². The minimum absolute atomic E-state index is 0.0309. The van der Waals surface area contributed by atoms with E-state index in [0.717, 1.165) is 5.56 Å². The molecule has 21 heavy (non-hydrogen) atoms. The third-order valence-electron chi connectivity index (χ3n) is 3.48. The first kappa shape index (κ1) is 15.0. The number of carbonyl (C=O) groups excluding carboxylic acids is 2. The van der Waals surface area contributed by atoms with Gasteiger partial charge in [0.2, 0.25) is 11.8 Å². The Hall–Kier alpha value is -2.37. The molecule has 0 aromatic heterocycles. The third kappa shape index (κ3) is 4.30. The van der Waals surface area contributed by atoms with E-state index in [4.69, 9.17) is 5.11 Å². The van der Waals surface area contributed by atoms with Crippen LogP contribution in [0.3, 0.4) is 0 Å². The lowest BCUT2D eigenvalue weighted by atomic mass is 10.0. The first-order valence-corrected chi connectivity index (χ1v) is 6.92. The fraction of sp³-hybridized carbons (Fsp3) is 0.400. The first-order valence-electron chi connectivity index (χ1n) is 6.92. The maximum Gasteiger partial charge on any atom is 0.303 e. The summed E-state index contributed by atoms with van der Waals surface area (Å²) < 4.78 is 0. The molecule has 0 bridgehead atoms. The SMILES string of the molecule is O=C(O)CCC(NC(=O)[C@@H]1CCC(=O)N1)c1ccccc1. The van der Waals surface area contributed by atoms with Gasteiger partial charge in [-0.2, -0.15) is 0 Å². The van der Waals surface area contributed by atoms with Gasteiger partial charge in [0.25, 0.3) is 0 Å². The summed E-state index contributed by atoms with van der Waals surface area (Å²) in [5.41, 5.74) is 0.858. The summed E-state index contributed by atoms with van der Waals surface area (Å²) in [6.45, 7) is 0. The zero-order valence-corrected chi connectivity index (χ0v) is 11.5. The van der Waals surface area contributed by atoms with Gasteiger partial charge in [-0.3, -0.25) is 14.4 Å². The van der Waals surface area contributed by atoms with Crippen LogP contribution >= 0.6 is 0 Å². The normalized spacial score (nSPS) is 18.9. The van der Waals surface area contributed by atoms with Gasteiger partial charge < -0.3 is 15.7 Å². The predicted molar refractivity (Wildman–Crippen MR) is 75.4 cm³/mol. The molecule has 1 unspecified atom stereocenters. The number of rotatable bonds is 6. The van der Waals surface area contributed by atoms with Crippen LogP contribution in [0.15, 0.2) is 30.3 Å². The molecule has 1 saturated heterocycles. The highest BCUT2D eigenvalue weighted by Crippen LogP contribution is 2.19. The van der Waals surface area contributed by atoms with Gasteiger partial charge >= 0.3 is 5.97 Å². The lowest BCUT2D eigenvalue weighted by molar-refractivity contribution is -0.137. The quantitative estimate of drug-likeness (QED) is 0.728. The Balaban J connectivity index is 2.03. The fourth-order valence-electron chi connectivity index (χ4n) is 2.36. The van der Waals surface area contributed by atoms with Gasteiger partial charge in [0.05, 0.1) is 6.04 Å². The van der Waals surface area contributed by atoms with Gasteiger partial charge in [0, 0.05) is 12.8 Å². The molecular formula is C15H18N2O4. The number of carbonyl (C=O) groups is 3. The van der Waals surface area contributed by atoms with Crippen molar-refractivity contribution in [3.05, 3.63) is 35.9 Å². The molecule has 1 aliphatic rings. The summed E-state index contributed by atoms with van der Waals surface area (Å²) in [5, 5.41) is 14.3. The molecule has 1 heterocycles. The largest absolute Gasteiger partial charge is 0.481 e. The Morgan fingerprint density at radius 2 is 2.05 bits per heavy atom. The van der Waals surface area contributed by atoms with E-state index >= 15 is 0 Å². The monoisotopic (exact) mass is 290 g/mol. The van der Waals surface area contributed by atoms with Gasteiger partial charge in [-0.05, 0) is 18.4 Å². The number of nitrogens with one attached hydrogen (secondary N) is 2. The minimum atomic E-state index is -0.903. The van der Waals surface area contributed by atoms with E-state index in [9.17, 15) is 14.4 Å². The van der Waals surface area contributed by atoms with Crippen molar-refractivity contribution in [1.29, 1.82) is 0 Å². The van der Waals surface area contributed by atoms with Crippen LogP contribution in [0, 0.1) is 0 Å². The van der Waals surface area contributed by atoms with Crippen molar-refractivity contribution in [3.8, 4) is 0 Å². The summed E-state index contributed by atoms with van der Waals surface area (Å²) in [7, 11) is 0. The Morgan fingerprint density at radius 3 is 2.62 bits per heavy atom. The molecule has 0 spiro atoms. The second-order valence-corrected chi connectivity index (χ2v) is 5.06. The van der Waals surface area contributed by atoms with Crippen molar-refractivity contribution < 1.29 is 19.5 Å². The molecule has 1 aliphatic heterocycles. The maximum absolute atomic E-state index is 12.1. The van der Waals surface area contributed by atoms with Crippen molar-refractivity contribution in [2.24, 2.45) is 0 Å². The van der Waals surface area contributed by atoms with E-state index < -0.39 is 12.0 Å². The Morgan fingerprint density at radius 1 is 1.33 bits per heavy atom. The third-order valence-corrected chi connectivity index (χ3v) is 3.48. The Labute approximate surface area is 122 Å². The van der Waals surface area contributed by atoms with Gasteiger partial charge in [-0.15, -0.1) is 0 Å². The number of aliphatic carboxylic acids is 1. The molecular weight excluding hydrogens is 272 g/mol. The highest BCUT2D eigenvalue weighted by Gasteiger charge is 2.28. The van der Waals surface area contributed by atoms with E-state index in [1.165, 1.54) is 0 Å². The smallest absolute Gasteiger partial charge is 0.303 e. The van der Waals surface area contributed by atoms with E-state index in [0.29, 0.717) is 19.3 Å². The van der Waals surface area contributed by atoms with Gasteiger partial charge in [0.1, 0.15) is 6.04 Å². The molecule has 1 fully saturated rings. The molecule has 1 aromatic rings. The summed E-state index contributed by atoms with van der Waals surface area (Å²) in [6, 6.07) is 8.34. The molecule has 0 saturated carbocycles. The molecule has 6 nitrogen and oxygen atoms in total. The average molecular weight is 290 g/mol. The van der Waals surface area contributed by atoms with Crippen molar-refractivity contribution >= 4 is 17.8 Å². The number of carboxylic acid groups (broad SMARTS) is 1. The summed E-state index contributed by atoms with van der Waals surface area (Å²) in [5.74, 6) is -1.30. The maximum atomic E-state index is 12.1. The first-order chi connectivity index (χ1) is 10.1. The van der Waals surface area contributed by atoms with Crippen LogP contribution in [0.5, 0.6) is 0 Å². The topological polar surface area (TPSA) is 95.5 Å². The summed E-state index contributed by atoms with van der Waals surface area (Å²) in [4.78, 5) is 34.1. The number of amides is 2. The fourth-order valence-corrected chi connectivity index (χ4v) is 2.36. The van der Waals surface area contributed by atoms with E-state index in [2.05, 4.69) is 10.6 Å². The van der Waals surface area contributed by atoms with Crippen LogP contribution in [-0.4, -0.2) is 28.9 Å². The van der Waals surface area contributed by atoms with Gasteiger partial charge in [-0.1, -0.05) is 30.3 Å². The van der Waals surface area contributed by atoms with Crippen LogP contribution in [0.25, 0.3) is 0 Å². The van der Waals surface area contributed by atoms with Gasteiger partial charge in [-0.25, -0.2) is 0 Å². The molecule has 3 N–H and O–H groups in total. The highest BCUT2D eigenvalue weighted by atomic mass is 16.4. The molecule has 112 valence electrons. The molecule has 2 rings (SSSR count). The zero-order valence-electron chi connectivity index (χ0n) is 11.5. The van der Waals surface area contributed by atoms with Crippen LogP contribution in [0.2, 0.25) is 0 Å². The summed E-state index contributed by atoms with van der Waals surface area (Å²) in [6.07, 6.45) is 1.11. The van der Waals surface area contributed by atoms with Crippen LogP contribution in [0.4, 0.5) is 0 Å².